The highest BCUT2D eigenvalue weighted by molar-refractivity contribution is 6.33. The molecule has 0 spiro atoms. The summed E-state index contributed by atoms with van der Waals surface area (Å²) in [5, 5.41) is 10.6. The maximum Gasteiger partial charge on any atom is 0.255 e. The van der Waals surface area contributed by atoms with E-state index in [-0.39, 0.29) is 11.8 Å². The monoisotopic (exact) mass is 253 g/mol. The Labute approximate surface area is 106 Å². The third kappa shape index (κ3) is 2.17. The smallest absolute Gasteiger partial charge is 0.255 e. The first-order valence-corrected chi connectivity index (χ1v) is 6.08. The van der Waals surface area contributed by atoms with Gasteiger partial charge in [0.1, 0.15) is 5.60 Å². The lowest BCUT2D eigenvalue weighted by atomic mass is 9.82. The summed E-state index contributed by atoms with van der Waals surface area (Å²) in [6.45, 7) is 4.68. The number of hydrogen-bond donors (Lipinski definition) is 1. The number of carbonyl (C=O) groups excluding carboxylic acids is 1. The standard InChI is InChI=1S/C13H16ClNO2/c1-9(2)13(17)7-15(8-13)12(16)10-5-3-4-6-11(10)14/h3-6,9,17H,7-8H2,1-2H3. The molecule has 2 rings (SSSR count). The lowest BCUT2D eigenvalue weighted by Gasteiger charge is -2.49. The van der Waals surface area contributed by atoms with Gasteiger partial charge in [-0.1, -0.05) is 37.6 Å². The van der Waals surface area contributed by atoms with Crippen LogP contribution in [0.2, 0.25) is 5.02 Å². The predicted molar refractivity (Wildman–Crippen MR) is 67.1 cm³/mol. The molecule has 1 fully saturated rings. The lowest BCUT2D eigenvalue weighted by Crippen LogP contribution is -2.65. The average molecular weight is 254 g/mol. The quantitative estimate of drug-likeness (QED) is 0.878. The first-order valence-electron chi connectivity index (χ1n) is 5.70. The van der Waals surface area contributed by atoms with E-state index >= 15 is 0 Å². The van der Waals surface area contributed by atoms with Crippen molar-refractivity contribution in [3.05, 3.63) is 34.9 Å². The summed E-state index contributed by atoms with van der Waals surface area (Å²) in [7, 11) is 0. The fourth-order valence-electron chi connectivity index (χ4n) is 1.93. The number of nitrogens with zero attached hydrogens (tertiary/aromatic N) is 1. The molecular formula is C13H16ClNO2. The summed E-state index contributed by atoms with van der Waals surface area (Å²) in [6.07, 6.45) is 0. The molecule has 0 saturated carbocycles. The van der Waals surface area contributed by atoms with Gasteiger partial charge in [0.2, 0.25) is 0 Å². The first-order chi connectivity index (χ1) is 7.94. The number of halogens is 1. The second-order valence-electron chi connectivity index (χ2n) is 4.90. The molecule has 4 heteroatoms. The van der Waals surface area contributed by atoms with Gasteiger partial charge in [-0.3, -0.25) is 4.79 Å². The van der Waals surface area contributed by atoms with Crippen molar-refractivity contribution in [3.8, 4) is 0 Å². The summed E-state index contributed by atoms with van der Waals surface area (Å²) in [5.74, 6) is 0.0405. The Kier molecular flexibility index (Phi) is 3.15. The van der Waals surface area contributed by atoms with Crippen LogP contribution in [-0.4, -0.2) is 34.6 Å². The van der Waals surface area contributed by atoms with E-state index in [1.807, 2.05) is 13.8 Å². The Morgan fingerprint density at radius 1 is 1.41 bits per heavy atom. The van der Waals surface area contributed by atoms with Crippen LogP contribution in [0.3, 0.4) is 0 Å². The van der Waals surface area contributed by atoms with Crippen LogP contribution in [0.25, 0.3) is 0 Å². The fourth-order valence-corrected chi connectivity index (χ4v) is 2.15. The molecule has 1 aliphatic heterocycles. The van der Waals surface area contributed by atoms with E-state index in [1.165, 1.54) is 0 Å². The molecule has 17 heavy (non-hydrogen) atoms. The minimum absolute atomic E-state index is 0.110. The number of β-amino-alcohol motifs (C(OH)–C–C–N with tert-alkyl or cyclic N) is 1. The second-order valence-corrected chi connectivity index (χ2v) is 5.31. The Morgan fingerprint density at radius 2 is 2.00 bits per heavy atom. The van der Waals surface area contributed by atoms with E-state index in [1.54, 1.807) is 29.2 Å². The minimum Gasteiger partial charge on any atom is -0.386 e. The minimum atomic E-state index is -0.739. The van der Waals surface area contributed by atoms with Crippen LogP contribution in [0.4, 0.5) is 0 Å². The van der Waals surface area contributed by atoms with Gasteiger partial charge in [0, 0.05) is 0 Å². The molecule has 0 unspecified atom stereocenters. The summed E-state index contributed by atoms with van der Waals surface area (Å²) >= 11 is 5.97. The largest absolute Gasteiger partial charge is 0.386 e. The maximum absolute atomic E-state index is 12.1. The van der Waals surface area contributed by atoms with E-state index in [0.29, 0.717) is 23.7 Å². The molecule has 0 radical (unpaired) electrons. The molecule has 3 nitrogen and oxygen atoms in total. The van der Waals surface area contributed by atoms with Crippen molar-refractivity contribution in [2.45, 2.75) is 19.4 Å². The van der Waals surface area contributed by atoms with Crippen molar-refractivity contribution in [2.75, 3.05) is 13.1 Å². The van der Waals surface area contributed by atoms with Crippen molar-refractivity contribution in [2.24, 2.45) is 5.92 Å². The number of aliphatic hydroxyl groups is 1. The van der Waals surface area contributed by atoms with Crippen LogP contribution in [0.5, 0.6) is 0 Å². The van der Waals surface area contributed by atoms with Crippen molar-refractivity contribution in [1.29, 1.82) is 0 Å². The molecule has 1 aliphatic rings. The number of likely N-dealkylation sites (tertiary alicyclic amines) is 1. The van der Waals surface area contributed by atoms with E-state index in [0.717, 1.165) is 0 Å². The van der Waals surface area contributed by atoms with Gasteiger partial charge < -0.3 is 10.0 Å². The van der Waals surface area contributed by atoms with Gasteiger partial charge in [0.25, 0.3) is 5.91 Å². The Hall–Kier alpha value is -1.06. The summed E-state index contributed by atoms with van der Waals surface area (Å²) in [4.78, 5) is 13.7. The topological polar surface area (TPSA) is 40.5 Å². The van der Waals surface area contributed by atoms with Gasteiger partial charge >= 0.3 is 0 Å². The molecule has 1 aromatic carbocycles. The van der Waals surface area contributed by atoms with Crippen LogP contribution < -0.4 is 0 Å². The summed E-state index contributed by atoms with van der Waals surface area (Å²) < 4.78 is 0. The van der Waals surface area contributed by atoms with Crippen molar-refractivity contribution >= 4 is 17.5 Å². The van der Waals surface area contributed by atoms with Crippen molar-refractivity contribution in [3.63, 3.8) is 0 Å². The molecule has 0 aromatic heterocycles. The van der Waals surface area contributed by atoms with Crippen molar-refractivity contribution in [1.82, 2.24) is 4.90 Å². The van der Waals surface area contributed by atoms with Crippen LogP contribution in [-0.2, 0) is 0 Å². The van der Waals surface area contributed by atoms with Crippen LogP contribution >= 0.6 is 11.6 Å². The van der Waals surface area contributed by atoms with E-state index in [4.69, 9.17) is 11.6 Å². The lowest BCUT2D eigenvalue weighted by molar-refractivity contribution is -0.110. The van der Waals surface area contributed by atoms with Gasteiger partial charge in [-0.25, -0.2) is 0 Å². The maximum atomic E-state index is 12.1. The van der Waals surface area contributed by atoms with E-state index < -0.39 is 5.60 Å². The third-order valence-electron chi connectivity index (χ3n) is 3.40. The number of amides is 1. The average Bonchev–Trinajstić information content (AvgIpc) is 2.24. The third-order valence-corrected chi connectivity index (χ3v) is 3.73. The van der Waals surface area contributed by atoms with Crippen LogP contribution in [0.15, 0.2) is 24.3 Å². The number of carbonyl (C=O) groups is 1. The molecule has 0 bridgehead atoms. The van der Waals surface area contributed by atoms with Gasteiger partial charge in [0.15, 0.2) is 0 Å². The number of hydrogen-bond acceptors (Lipinski definition) is 2. The zero-order chi connectivity index (χ0) is 12.6. The van der Waals surface area contributed by atoms with Crippen molar-refractivity contribution < 1.29 is 9.90 Å². The molecular weight excluding hydrogens is 238 g/mol. The zero-order valence-corrected chi connectivity index (χ0v) is 10.7. The van der Waals surface area contributed by atoms with Gasteiger partial charge in [-0.05, 0) is 18.1 Å². The van der Waals surface area contributed by atoms with E-state index in [2.05, 4.69) is 0 Å². The van der Waals surface area contributed by atoms with Gasteiger partial charge in [-0.15, -0.1) is 0 Å². The van der Waals surface area contributed by atoms with Crippen LogP contribution in [0, 0.1) is 5.92 Å². The Balaban J connectivity index is 2.08. The molecule has 1 aromatic rings. The SMILES string of the molecule is CC(C)C1(O)CN(C(=O)c2ccccc2Cl)C1. The Bertz CT molecular complexity index is 439. The highest BCUT2D eigenvalue weighted by Gasteiger charge is 2.46. The number of benzene rings is 1. The predicted octanol–water partition coefficient (Wildman–Crippen LogP) is 2.18. The Morgan fingerprint density at radius 3 is 2.53 bits per heavy atom. The highest BCUT2D eigenvalue weighted by Crippen LogP contribution is 2.30. The zero-order valence-electron chi connectivity index (χ0n) is 9.98. The highest BCUT2D eigenvalue weighted by atomic mass is 35.5. The molecule has 0 aliphatic carbocycles. The number of rotatable bonds is 2. The van der Waals surface area contributed by atoms with Crippen LogP contribution in [0.1, 0.15) is 24.2 Å². The molecule has 1 amide bonds. The fraction of sp³-hybridized carbons (Fsp3) is 0.462. The molecule has 1 N–H and O–H groups in total. The second kappa shape index (κ2) is 4.31. The molecule has 1 heterocycles. The van der Waals surface area contributed by atoms with E-state index in [9.17, 15) is 9.90 Å². The molecule has 0 atom stereocenters. The first kappa shape index (κ1) is 12.4. The molecule has 92 valence electrons. The van der Waals surface area contributed by atoms with Gasteiger partial charge in [-0.2, -0.15) is 0 Å². The molecule has 1 saturated heterocycles. The summed E-state index contributed by atoms with van der Waals surface area (Å²) in [6, 6.07) is 6.98. The normalized spacial score (nSPS) is 18.1. The van der Waals surface area contributed by atoms with Gasteiger partial charge in [0.05, 0.1) is 23.7 Å². The summed E-state index contributed by atoms with van der Waals surface area (Å²) in [5.41, 5.74) is -0.239.